The molecule has 0 spiro atoms. The molecule has 0 atom stereocenters. The molecule has 0 amide bonds. The fraction of sp³-hybridized carbons (Fsp3) is 0.667. The fourth-order valence-electron chi connectivity index (χ4n) is 1.56. The second-order valence-electron chi connectivity index (χ2n) is 3.68. The molecule has 1 aromatic rings. The molecule has 80 valence electrons. The van der Waals surface area contributed by atoms with E-state index in [4.69, 9.17) is 0 Å². The maximum absolute atomic E-state index is 3.40. The van der Waals surface area contributed by atoms with Crippen molar-refractivity contribution in [2.75, 3.05) is 6.54 Å². The second kappa shape index (κ2) is 5.52. The van der Waals surface area contributed by atoms with E-state index < -0.39 is 0 Å². The first-order valence-electron chi connectivity index (χ1n) is 5.59. The molecule has 1 N–H and O–H groups in total. The van der Waals surface area contributed by atoms with E-state index in [9.17, 15) is 0 Å². The number of nitrogens with one attached hydrogen (secondary N) is 1. The van der Waals surface area contributed by atoms with Gasteiger partial charge in [0.05, 0.1) is 0 Å². The Morgan fingerprint density at radius 2 is 2.07 bits per heavy atom. The van der Waals surface area contributed by atoms with Crippen molar-refractivity contribution in [1.29, 1.82) is 0 Å². The van der Waals surface area contributed by atoms with Gasteiger partial charge in [-0.15, -0.1) is 11.3 Å². The lowest BCUT2D eigenvalue weighted by Crippen LogP contribution is -2.21. The van der Waals surface area contributed by atoms with Crippen molar-refractivity contribution in [2.45, 2.75) is 46.6 Å². The molecule has 1 aliphatic heterocycles. The Kier molecular flexibility index (Phi) is 4.63. The fourth-order valence-corrected chi connectivity index (χ4v) is 2.75. The minimum Gasteiger partial charge on any atom is -0.312 e. The molecule has 1 aliphatic rings. The minimum absolute atomic E-state index is 0.695. The molecule has 0 fully saturated rings. The van der Waals surface area contributed by atoms with E-state index in [2.05, 4.69) is 25.2 Å². The average Bonchev–Trinajstić information content (AvgIpc) is 2.64. The zero-order chi connectivity index (χ0) is 10.6. The van der Waals surface area contributed by atoms with E-state index in [-0.39, 0.29) is 0 Å². The summed E-state index contributed by atoms with van der Waals surface area (Å²) in [7, 11) is 0. The quantitative estimate of drug-likeness (QED) is 0.749. The number of hydrogen-bond acceptors (Lipinski definition) is 2. The zero-order valence-electron chi connectivity index (χ0n) is 9.68. The van der Waals surface area contributed by atoms with E-state index >= 15 is 0 Å². The van der Waals surface area contributed by atoms with E-state index in [1.807, 2.05) is 25.2 Å². The third kappa shape index (κ3) is 2.58. The molecule has 2 heterocycles. The van der Waals surface area contributed by atoms with E-state index in [0.29, 0.717) is 5.92 Å². The Balaban J connectivity index is 0.000000461. The largest absolute Gasteiger partial charge is 0.312 e. The summed E-state index contributed by atoms with van der Waals surface area (Å²) in [5.74, 6) is 0.695. The van der Waals surface area contributed by atoms with Crippen LogP contribution in [0.5, 0.6) is 0 Å². The SMILES string of the molecule is CC.CC(C)c1cc2c(s1)CCNC2. The smallest absolute Gasteiger partial charge is 0.0216 e. The summed E-state index contributed by atoms with van der Waals surface area (Å²) in [4.78, 5) is 3.15. The van der Waals surface area contributed by atoms with Crippen LogP contribution in [0.25, 0.3) is 0 Å². The first kappa shape index (κ1) is 11.7. The van der Waals surface area contributed by atoms with Gasteiger partial charge < -0.3 is 5.32 Å². The van der Waals surface area contributed by atoms with Gasteiger partial charge in [-0.05, 0) is 24.0 Å². The highest BCUT2D eigenvalue weighted by Gasteiger charge is 2.13. The zero-order valence-corrected chi connectivity index (χ0v) is 10.5. The monoisotopic (exact) mass is 211 g/mol. The predicted octanol–water partition coefficient (Wildman–Crippen LogP) is 3.54. The molecule has 14 heavy (non-hydrogen) atoms. The van der Waals surface area contributed by atoms with Crippen LogP contribution >= 0.6 is 11.3 Å². The van der Waals surface area contributed by atoms with Crippen molar-refractivity contribution in [2.24, 2.45) is 0 Å². The van der Waals surface area contributed by atoms with Crippen LogP contribution in [0.2, 0.25) is 0 Å². The lowest BCUT2D eigenvalue weighted by molar-refractivity contribution is 0.652. The first-order valence-corrected chi connectivity index (χ1v) is 6.41. The second-order valence-corrected chi connectivity index (χ2v) is 4.85. The average molecular weight is 211 g/mol. The molecule has 0 unspecified atom stereocenters. The van der Waals surface area contributed by atoms with E-state index in [1.165, 1.54) is 12.0 Å². The minimum atomic E-state index is 0.695. The van der Waals surface area contributed by atoms with Gasteiger partial charge >= 0.3 is 0 Å². The number of fused-ring (bicyclic) bond motifs is 1. The van der Waals surface area contributed by atoms with Gasteiger partial charge in [0.15, 0.2) is 0 Å². The van der Waals surface area contributed by atoms with Crippen LogP contribution in [-0.2, 0) is 13.0 Å². The molecule has 1 nitrogen and oxygen atoms in total. The maximum Gasteiger partial charge on any atom is 0.0216 e. The normalized spacial score (nSPS) is 14.6. The summed E-state index contributed by atoms with van der Waals surface area (Å²) in [5.41, 5.74) is 1.54. The van der Waals surface area contributed by atoms with Crippen LogP contribution in [0.1, 0.15) is 48.9 Å². The highest BCUT2D eigenvalue weighted by Crippen LogP contribution is 2.29. The first-order chi connectivity index (χ1) is 6.77. The molecule has 2 rings (SSSR count). The van der Waals surface area contributed by atoms with Gasteiger partial charge in [-0.25, -0.2) is 0 Å². The lowest BCUT2D eigenvalue weighted by atomic mass is 10.1. The van der Waals surface area contributed by atoms with Crippen molar-refractivity contribution in [3.05, 3.63) is 21.4 Å². The van der Waals surface area contributed by atoms with E-state index in [1.54, 1.807) is 9.75 Å². The van der Waals surface area contributed by atoms with E-state index in [0.717, 1.165) is 13.1 Å². The maximum atomic E-state index is 3.40. The predicted molar refractivity (Wildman–Crippen MR) is 65.2 cm³/mol. The number of thiophene rings is 1. The van der Waals surface area contributed by atoms with Gasteiger partial charge in [0, 0.05) is 22.8 Å². The molecule has 0 bridgehead atoms. The summed E-state index contributed by atoms with van der Waals surface area (Å²) >= 11 is 2.00. The Morgan fingerprint density at radius 3 is 2.64 bits per heavy atom. The number of hydrogen-bond donors (Lipinski definition) is 1. The summed E-state index contributed by atoms with van der Waals surface area (Å²) < 4.78 is 0. The van der Waals surface area contributed by atoms with Gasteiger partial charge in [0.2, 0.25) is 0 Å². The molecule has 1 aromatic heterocycles. The van der Waals surface area contributed by atoms with Gasteiger partial charge in [0.1, 0.15) is 0 Å². The van der Waals surface area contributed by atoms with Crippen LogP contribution in [-0.4, -0.2) is 6.54 Å². The standard InChI is InChI=1S/C10H15NS.C2H6/c1-7(2)10-5-8-6-11-4-3-9(8)12-10;1-2/h5,7,11H,3-4,6H2,1-2H3;1-2H3. The van der Waals surface area contributed by atoms with Gasteiger partial charge in [-0.2, -0.15) is 0 Å². The molecule has 0 saturated heterocycles. The van der Waals surface area contributed by atoms with Gasteiger partial charge in [-0.3, -0.25) is 0 Å². The van der Waals surface area contributed by atoms with Crippen molar-refractivity contribution < 1.29 is 0 Å². The Hall–Kier alpha value is -0.340. The summed E-state index contributed by atoms with van der Waals surface area (Å²) in [6.45, 7) is 10.8. The van der Waals surface area contributed by atoms with Crippen LogP contribution in [0, 0.1) is 0 Å². The lowest BCUT2D eigenvalue weighted by Gasteiger charge is -2.10. The highest BCUT2D eigenvalue weighted by molar-refractivity contribution is 7.12. The third-order valence-corrected chi connectivity index (χ3v) is 3.87. The van der Waals surface area contributed by atoms with Gasteiger partial charge in [0.25, 0.3) is 0 Å². The Labute approximate surface area is 91.5 Å². The molecule has 0 radical (unpaired) electrons. The Morgan fingerprint density at radius 1 is 1.36 bits per heavy atom. The van der Waals surface area contributed by atoms with Crippen molar-refractivity contribution >= 4 is 11.3 Å². The van der Waals surface area contributed by atoms with Gasteiger partial charge in [-0.1, -0.05) is 27.7 Å². The molecule has 0 aliphatic carbocycles. The van der Waals surface area contributed by atoms with Crippen LogP contribution in [0.4, 0.5) is 0 Å². The van der Waals surface area contributed by atoms with Crippen LogP contribution in [0.3, 0.4) is 0 Å². The molecular weight excluding hydrogens is 190 g/mol. The van der Waals surface area contributed by atoms with Crippen molar-refractivity contribution in [1.82, 2.24) is 5.32 Å². The third-order valence-electron chi connectivity index (χ3n) is 2.33. The summed E-state index contributed by atoms with van der Waals surface area (Å²) in [5, 5.41) is 3.40. The molecule has 0 aromatic carbocycles. The summed E-state index contributed by atoms with van der Waals surface area (Å²) in [6.07, 6.45) is 1.23. The highest BCUT2D eigenvalue weighted by atomic mass is 32.1. The van der Waals surface area contributed by atoms with Crippen LogP contribution in [0.15, 0.2) is 6.07 Å². The summed E-state index contributed by atoms with van der Waals surface area (Å²) in [6, 6.07) is 2.37. The topological polar surface area (TPSA) is 12.0 Å². The van der Waals surface area contributed by atoms with Crippen molar-refractivity contribution in [3.8, 4) is 0 Å². The molecule has 0 saturated carbocycles. The molecule has 2 heteroatoms. The number of rotatable bonds is 1. The van der Waals surface area contributed by atoms with Crippen molar-refractivity contribution in [3.63, 3.8) is 0 Å². The van der Waals surface area contributed by atoms with Crippen LogP contribution < -0.4 is 5.32 Å². The molecular formula is C12H21NS. The Bertz CT molecular complexity index is 252.